The number of hydrogen-bond donors (Lipinski definition) is 0. The number of nitrogens with zero attached hydrogens (tertiary/aromatic N) is 1. The van der Waals surface area contributed by atoms with E-state index in [9.17, 15) is 0 Å². The third kappa shape index (κ3) is 2.04. The van der Waals surface area contributed by atoms with Gasteiger partial charge in [-0.05, 0) is 20.0 Å². The van der Waals surface area contributed by atoms with E-state index in [0.29, 0.717) is 5.92 Å². The number of hydrogen-bond acceptors (Lipinski definition) is 1. The highest BCUT2D eigenvalue weighted by Gasteiger charge is 2.16. The molecule has 1 unspecified atom stereocenters. The first-order chi connectivity index (χ1) is 4.83. The average Bonchev–Trinajstić information content (AvgIpc) is 2.31. The van der Waals surface area contributed by atoms with Gasteiger partial charge in [0.2, 0.25) is 0 Å². The van der Waals surface area contributed by atoms with Crippen LogP contribution in [-0.4, -0.2) is 25.0 Å². The van der Waals surface area contributed by atoms with E-state index in [-0.39, 0.29) is 0 Å². The minimum absolute atomic E-state index is 0.657. The zero-order valence-electron chi connectivity index (χ0n) is 6.85. The van der Waals surface area contributed by atoms with Crippen molar-refractivity contribution in [1.29, 1.82) is 0 Å². The Labute approximate surface area is 63.4 Å². The van der Waals surface area contributed by atoms with Gasteiger partial charge in [-0.2, -0.15) is 0 Å². The lowest BCUT2D eigenvalue weighted by Gasteiger charge is -2.03. The smallest absolute Gasteiger partial charge is 0.0342 e. The summed E-state index contributed by atoms with van der Waals surface area (Å²) in [6, 6.07) is 0. The number of likely N-dealkylation sites (tertiary alicyclic amines) is 1. The maximum Gasteiger partial charge on any atom is 0.0342 e. The fourth-order valence-corrected chi connectivity index (χ4v) is 1.30. The summed E-state index contributed by atoms with van der Waals surface area (Å²) in [6.07, 6.45) is 2.27. The lowest BCUT2D eigenvalue weighted by atomic mass is 10.1. The molecule has 0 amide bonds. The molecule has 0 aromatic rings. The quantitative estimate of drug-likeness (QED) is 0.455. The van der Waals surface area contributed by atoms with E-state index in [1.54, 1.807) is 0 Å². The molecule has 56 valence electrons. The topological polar surface area (TPSA) is 3.24 Å². The van der Waals surface area contributed by atoms with E-state index in [2.05, 4.69) is 30.7 Å². The highest BCUT2D eigenvalue weighted by atomic mass is 15.1. The highest BCUT2D eigenvalue weighted by Crippen LogP contribution is 2.12. The van der Waals surface area contributed by atoms with Gasteiger partial charge in [0.25, 0.3) is 0 Å². The van der Waals surface area contributed by atoms with Crippen LogP contribution in [0.25, 0.3) is 0 Å². The zero-order chi connectivity index (χ0) is 7.40. The molecule has 1 heterocycles. The highest BCUT2D eigenvalue weighted by molar-refractivity contribution is 5.05. The summed E-state index contributed by atoms with van der Waals surface area (Å²) < 4.78 is 0. The van der Waals surface area contributed by atoms with Gasteiger partial charge in [0.05, 0.1) is 0 Å². The van der Waals surface area contributed by atoms with Crippen LogP contribution in [0.5, 0.6) is 0 Å². The van der Waals surface area contributed by atoms with Gasteiger partial charge in [0.15, 0.2) is 0 Å². The SMILES string of the molecule is CCC#CC1CCN(C)C1. The van der Waals surface area contributed by atoms with Gasteiger partial charge in [-0.3, -0.25) is 0 Å². The van der Waals surface area contributed by atoms with Crippen molar-refractivity contribution in [2.45, 2.75) is 19.8 Å². The predicted octanol–water partition coefficient (Wildman–Crippen LogP) is 1.35. The maximum atomic E-state index is 3.27. The molecule has 0 bridgehead atoms. The van der Waals surface area contributed by atoms with Crippen LogP contribution < -0.4 is 0 Å². The summed E-state index contributed by atoms with van der Waals surface area (Å²) in [7, 11) is 2.16. The van der Waals surface area contributed by atoms with Crippen LogP contribution in [0, 0.1) is 17.8 Å². The van der Waals surface area contributed by atoms with Gasteiger partial charge in [-0.15, -0.1) is 5.92 Å². The summed E-state index contributed by atoms with van der Waals surface area (Å²) in [5.41, 5.74) is 0. The van der Waals surface area contributed by atoms with E-state index < -0.39 is 0 Å². The molecule has 10 heavy (non-hydrogen) atoms. The maximum absolute atomic E-state index is 3.27. The molecule has 0 aliphatic carbocycles. The second-order valence-corrected chi connectivity index (χ2v) is 2.92. The van der Waals surface area contributed by atoms with E-state index >= 15 is 0 Å². The van der Waals surface area contributed by atoms with E-state index in [1.807, 2.05) is 0 Å². The molecule has 1 rings (SSSR count). The monoisotopic (exact) mass is 137 g/mol. The van der Waals surface area contributed by atoms with E-state index in [0.717, 1.165) is 6.42 Å². The van der Waals surface area contributed by atoms with E-state index in [4.69, 9.17) is 0 Å². The largest absolute Gasteiger partial charge is 0.305 e. The van der Waals surface area contributed by atoms with Crippen molar-refractivity contribution in [1.82, 2.24) is 4.90 Å². The van der Waals surface area contributed by atoms with Crippen LogP contribution in [0.2, 0.25) is 0 Å². The molecule has 1 nitrogen and oxygen atoms in total. The second kappa shape index (κ2) is 3.63. The van der Waals surface area contributed by atoms with Crippen molar-refractivity contribution >= 4 is 0 Å². The van der Waals surface area contributed by atoms with Gasteiger partial charge in [0, 0.05) is 18.9 Å². The Kier molecular flexibility index (Phi) is 2.77. The fourth-order valence-electron chi connectivity index (χ4n) is 1.30. The Hall–Kier alpha value is -0.480. The van der Waals surface area contributed by atoms with Crippen molar-refractivity contribution in [2.24, 2.45) is 5.92 Å². The molecule has 1 aliphatic heterocycles. The van der Waals surface area contributed by atoms with Crippen molar-refractivity contribution in [3.8, 4) is 11.8 Å². The molecule has 1 fully saturated rings. The van der Waals surface area contributed by atoms with Gasteiger partial charge in [0.1, 0.15) is 0 Å². The van der Waals surface area contributed by atoms with Gasteiger partial charge in [-0.1, -0.05) is 12.8 Å². The minimum atomic E-state index is 0.657. The molecule has 0 aromatic heterocycles. The second-order valence-electron chi connectivity index (χ2n) is 2.92. The van der Waals surface area contributed by atoms with Crippen LogP contribution in [0.15, 0.2) is 0 Å². The van der Waals surface area contributed by atoms with Crippen molar-refractivity contribution in [3.63, 3.8) is 0 Å². The molecule has 1 atom stereocenters. The van der Waals surface area contributed by atoms with Gasteiger partial charge >= 0.3 is 0 Å². The Morgan fingerprint density at radius 1 is 1.60 bits per heavy atom. The molecule has 0 radical (unpaired) electrons. The first-order valence-electron chi connectivity index (χ1n) is 4.00. The van der Waals surface area contributed by atoms with Crippen molar-refractivity contribution in [3.05, 3.63) is 0 Å². The fraction of sp³-hybridized carbons (Fsp3) is 0.778. The lowest BCUT2D eigenvalue weighted by Crippen LogP contribution is -2.13. The van der Waals surface area contributed by atoms with Crippen LogP contribution in [0.1, 0.15) is 19.8 Å². The summed E-state index contributed by atoms with van der Waals surface area (Å²) in [6.45, 7) is 4.50. The number of rotatable bonds is 0. The normalized spacial score (nSPS) is 26.0. The molecule has 0 aromatic carbocycles. The molecule has 0 saturated carbocycles. The van der Waals surface area contributed by atoms with Crippen molar-refractivity contribution < 1.29 is 0 Å². The van der Waals surface area contributed by atoms with Crippen molar-refractivity contribution in [2.75, 3.05) is 20.1 Å². The molecule has 1 saturated heterocycles. The van der Waals surface area contributed by atoms with Gasteiger partial charge < -0.3 is 4.90 Å². The Bertz CT molecular complexity index is 152. The van der Waals surface area contributed by atoms with Gasteiger partial charge in [-0.25, -0.2) is 0 Å². The Morgan fingerprint density at radius 3 is 2.90 bits per heavy atom. The predicted molar refractivity (Wildman–Crippen MR) is 43.7 cm³/mol. The molecular weight excluding hydrogens is 122 g/mol. The van der Waals surface area contributed by atoms with E-state index in [1.165, 1.54) is 19.5 Å². The minimum Gasteiger partial charge on any atom is -0.305 e. The van der Waals surface area contributed by atoms with Crippen LogP contribution in [0.4, 0.5) is 0 Å². The summed E-state index contributed by atoms with van der Waals surface area (Å²) in [5, 5.41) is 0. The standard InChI is InChI=1S/C9H15N/c1-3-4-5-9-6-7-10(2)8-9/h9H,3,6-8H2,1-2H3. The average molecular weight is 137 g/mol. The zero-order valence-corrected chi connectivity index (χ0v) is 6.85. The molecule has 1 aliphatic rings. The summed E-state index contributed by atoms with van der Waals surface area (Å²) in [5.74, 6) is 7.06. The first kappa shape index (κ1) is 7.63. The molecular formula is C9H15N. The molecule has 0 N–H and O–H groups in total. The first-order valence-corrected chi connectivity index (χ1v) is 4.00. The molecule has 1 heteroatoms. The molecule has 0 spiro atoms. The lowest BCUT2D eigenvalue weighted by molar-refractivity contribution is 0.409. The Morgan fingerprint density at radius 2 is 2.40 bits per heavy atom. The van der Waals surface area contributed by atoms with Crippen LogP contribution in [-0.2, 0) is 0 Å². The Balaban J connectivity index is 2.31. The third-order valence-electron chi connectivity index (χ3n) is 1.87. The van der Waals surface area contributed by atoms with Crippen LogP contribution >= 0.6 is 0 Å². The summed E-state index contributed by atoms with van der Waals surface area (Å²) in [4.78, 5) is 2.34. The third-order valence-corrected chi connectivity index (χ3v) is 1.87. The van der Waals surface area contributed by atoms with Crippen LogP contribution in [0.3, 0.4) is 0 Å². The summed E-state index contributed by atoms with van der Waals surface area (Å²) >= 11 is 0.